The third-order valence-corrected chi connectivity index (χ3v) is 16.7. The lowest BCUT2D eigenvalue weighted by molar-refractivity contribution is -0.137. The first-order valence-electron chi connectivity index (χ1n) is 26.0. The van der Waals surface area contributed by atoms with Gasteiger partial charge in [-0.3, -0.25) is 32.5 Å². The highest BCUT2D eigenvalue weighted by atomic mass is 32.2. The molecule has 0 bridgehead atoms. The Bertz CT molecular complexity index is 2140. The number of nitrogens with one attached hydrogen (secondary N) is 2. The van der Waals surface area contributed by atoms with Crippen LogP contribution in [0.3, 0.4) is 0 Å². The number of aliphatic hydroxyl groups excluding tert-OH is 2. The topological polar surface area (TPSA) is 364 Å². The van der Waals surface area contributed by atoms with Crippen LogP contribution in [0.1, 0.15) is 175 Å². The van der Waals surface area contributed by atoms with Gasteiger partial charge in [0.25, 0.3) is 0 Å². The quantitative estimate of drug-likeness (QED) is 0.0230. The molecule has 1 aliphatic heterocycles. The van der Waals surface area contributed by atoms with E-state index in [4.69, 9.17) is 19.5 Å². The Balaban J connectivity index is 1.22. The molecule has 74 heavy (non-hydrogen) atoms. The van der Waals surface area contributed by atoms with Gasteiger partial charge in [0.05, 0.1) is 19.5 Å². The molecule has 10 N–H and O–H groups in total. The zero-order valence-corrected chi connectivity index (χ0v) is 47.0. The summed E-state index contributed by atoms with van der Waals surface area (Å²) in [6.45, 7) is 5.27. The number of unbranched alkanes of at least 4 members (excludes halogenated alkanes) is 16. The summed E-state index contributed by atoms with van der Waals surface area (Å²) < 4.78 is 62.6. The van der Waals surface area contributed by atoms with Gasteiger partial charge in [0.15, 0.2) is 22.8 Å². The molecule has 0 aromatic carbocycles. The normalized spacial score (nSPS) is 19.8. The Hall–Kier alpha value is -2.44. The van der Waals surface area contributed by atoms with Crippen molar-refractivity contribution in [3.63, 3.8) is 0 Å². The number of phosphoric acid groups is 3. The maximum Gasteiger partial charge on any atom is 0.481 e. The number of carbonyl (C=O) groups is 3. The second-order valence-electron chi connectivity index (χ2n) is 19.7. The maximum atomic E-state index is 12.8. The Morgan fingerprint density at radius 2 is 1.38 bits per heavy atom. The molecule has 426 valence electrons. The van der Waals surface area contributed by atoms with E-state index >= 15 is 0 Å². The molecule has 2 amide bonds. The van der Waals surface area contributed by atoms with Crippen molar-refractivity contribution in [2.75, 3.05) is 37.8 Å². The Morgan fingerprint density at radius 3 is 1.97 bits per heavy atom. The summed E-state index contributed by atoms with van der Waals surface area (Å²) in [5, 5.41) is 26.7. The van der Waals surface area contributed by atoms with Crippen LogP contribution in [0.15, 0.2) is 12.7 Å². The maximum absolute atomic E-state index is 12.8. The summed E-state index contributed by atoms with van der Waals surface area (Å²) in [6, 6.07) is 0. The number of nitrogens with zero attached hydrogens (tertiary/aromatic N) is 4. The number of nitrogens with two attached hydrogens (primary N) is 1. The first-order chi connectivity index (χ1) is 34.9. The number of anilines is 1. The van der Waals surface area contributed by atoms with Gasteiger partial charge in [-0.15, -0.1) is 0 Å². The Kier molecular flexibility index (Phi) is 30.0. The lowest BCUT2D eigenvalue weighted by Crippen LogP contribution is -2.46. The molecule has 2 aromatic rings. The number of hydrogen-bond donors (Lipinski definition) is 9. The van der Waals surface area contributed by atoms with Crippen LogP contribution >= 0.6 is 35.2 Å². The number of imidazole rings is 1. The van der Waals surface area contributed by atoms with Gasteiger partial charge < -0.3 is 50.9 Å². The van der Waals surface area contributed by atoms with E-state index in [1.54, 1.807) is 0 Å². The molecule has 3 heterocycles. The van der Waals surface area contributed by atoms with Crippen LogP contribution in [-0.2, 0) is 50.7 Å². The average Bonchev–Trinajstić information content (AvgIpc) is 3.89. The zero-order chi connectivity index (χ0) is 54.8. The van der Waals surface area contributed by atoms with Crippen molar-refractivity contribution in [1.29, 1.82) is 0 Å². The Morgan fingerprint density at radius 1 is 0.811 bits per heavy atom. The summed E-state index contributed by atoms with van der Waals surface area (Å²) in [4.78, 5) is 88.6. The van der Waals surface area contributed by atoms with Gasteiger partial charge in [0, 0.05) is 37.1 Å². The number of phosphoric ester groups is 3. The molecule has 3 rings (SSSR count). The van der Waals surface area contributed by atoms with Crippen LogP contribution in [0.2, 0.25) is 0 Å². The van der Waals surface area contributed by atoms with E-state index < -0.39 is 84.6 Å². The van der Waals surface area contributed by atoms with Crippen LogP contribution in [0, 0.1) is 11.3 Å². The summed E-state index contributed by atoms with van der Waals surface area (Å²) in [6.07, 6.45) is 19.4. The van der Waals surface area contributed by atoms with Crippen LogP contribution < -0.4 is 16.4 Å². The third-order valence-electron chi connectivity index (χ3n) is 12.6. The first kappa shape index (κ1) is 65.8. The zero-order valence-electron chi connectivity index (χ0n) is 43.5. The molecule has 2 aromatic heterocycles. The summed E-state index contributed by atoms with van der Waals surface area (Å²) in [5.74, 6) is -0.147. The number of aliphatic hydroxyl groups is 2. The predicted molar refractivity (Wildman–Crippen MR) is 279 cm³/mol. The highest BCUT2D eigenvalue weighted by Crippen LogP contribution is 2.61. The molecule has 0 aliphatic carbocycles. The number of amides is 2. The summed E-state index contributed by atoms with van der Waals surface area (Å²) in [7, 11) is -16.4. The largest absolute Gasteiger partial charge is 0.481 e. The van der Waals surface area contributed by atoms with Gasteiger partial charge >= 0.3 is 23.5 Å². The SMILES string of the molecule is CCCCCCCCC(C)CCCCCCCCCCCCCCC(=O)SCCNC(=O)CCNC(=O)C(O)C(C)(C)COP(=O)(O)OP(=O)(O)OCC1OC(n2cnc3c(N)ncnc32)C(O)C1OP(=O)(O)O. The van der Waals surface area contributed by atoms with E-state index in [-0.39, 0.29) is 41.6 Å². The van der Waals surface area contributed by atoms with E-state index in [0.29, 0.717) is 12.2 Å². The fourth-order valence-corrected chi connectivity index (χ4v) is 11.9. The number of aromatic nitrogens is 4. The van der Waals surface area contributed by atoms with Gasteiger partial charge in [-0.2, -0.15) is 4.31 Å². The molecule has 28 heteroatoms. The van der Waals surface area contributed by atoms with E-state index in [0.717, 1.165) is 54.2 Å². The molecule has 24 nitrogen and oxygen atoms in total. The molecule has 0 spiro atoms. The van der Waals surface area contributed by atoms with Crippen LogP contribution in [0.5, 0.6) is 0 Å². The van der Waals surface area contributed by atoms with Crippen molar-refractivity contribution in [3.05, 3.63) is 12.7 Å². The smallest absolute Gasteiger partial charge is 0.386 e. The molecule has 1 fully saturated rings. The van der Waals surface area contributed by atoms with Crippen molar-refractivity contribution in [2.24, 2.45) is 11.3 Å². The number of rotatable bonds is 41. The van der Waals surface area contributed by atoms with Gasteiger partial charge in [-0.25, -0.2) is 28.6 Å². The highest BCUT2D eigenvalue weighted by Gasteiger charge is 2.50. The first-order valence-corrected chi connectivity index (χ1v) is 31.5. The van der Waals surface area contributed by atoms with E-state index in [9.17, 15) is 57.9 Å². The molecule has 1 aliphatic rings. The van der Waals surface area contributed by atoms with Gasteiger partial charge in [-0.1, -0.05) is 161 Å². The highest BCUT2D eigenvalue weighted by molar-refractivity contribution is 8.13. The van der Waals surface area contributed by atoms with Crippen molar-refractivity contribution in [3.8, 4) is 0 Å². The summed E-state index contributed by atoms with van der Waals surface area (Å²) in [5.41, 5.74) is 4.30. The number of fused-ring (bicyclic) bond motifs is 1. The fourth-order valence-electron chi connectivity index (χ4n) is 8.31. The molecule has 8 unspecified atom stereocenters. The van der Waals surface area contributed by atoms with Crippen LogP contribution in [0.25, 0.3) is 11.2 Å². The van der Waals surface area contributed by atoms with Crippen LogP contribution in [0.4, 0.5) is 5.82 Å². The number of nitrogen functional groups attached to an aromatic ring is 1. The van der Waals surface area contributed by atoms with E-state index in [1.807, 2.05) is 0 Å². The second-order valence-corrected chi connectivity index (χ2v) is 25.1. The van der Waals surface area contributed by atoms with E-state index in [2.05, 4.69) is 48.3 Å². The minimum absolute atomic E-state index is 0.0345. The van der Waals surface area contributed by atoms with E-state index in [1.165, 1.54) is 123 Å². The van der Waals surface area contributed by atoms with Crippen molar-refractivity contribution < 1.29 is 80.5 Å². The number of thioether (sulfide) groups is 1. The minimum Gasteiger partial charge on any atom is -0.386 e. The lowest BCUT2D eigenvalue weighted by Gasteiger charge is -2.30. The molecule has 0 radical (unpaired) electrons. The molecule has 1 saturated heterocycles. The minimum atomic E-state index is -5.58. The predicted octanol–water partition coefficient (Wildman–Crippen LogP) is 7.51. The fraction of sp³-hybridized carbons (Fsp3) is 0.826. The molecular weight excluding hydrogens is 1050 g/mol. The third kappa shape index (κ3) is 25.8. The number of hydrogen-bond acceptors (Lipinski definition) is 18. The Labute approximate surface area is 439 Å². The van der Waals surface area contributed by atoms with Crippen molar-refractivity contribution >= 4 is 69.1 Å². The van der Waals surface area contributed by atoms with Crippen molar-refractivity contribution in [1.82, 2.24) is 30.2 Å². The molecular formula is C46H84N7O17P3S. The molecule has 0 saturated carbocycles. The molecule has 8 atom stereocenters. The average molecular weight is 1130 g/mol. The number of carbonyl (C=O) groups excluding carboxylic acids is 3. The lowest BCUT2D eigenvalue weighted by atomic mass is 9.87. The standard InChI is InChI=1S/C46H84N7O17P3S/c1-5-6-7-8-17-20-23-34(2)24-21-18-15-13-11-9-10-12-14-16-19-22-25-37(55)74-29-28-48-36(54)26-27-49-44(58)41(57)46(3,4)31-67-73(64,65)70-72(62,63)66-30-35-40(69-71(59,60)61)39(56)45(68-35)53-33-52-38-42(47)50-32-51-43(38)53/h32-35,39-41,45,56-57H,5-31H2,1-4H3,(H,48,54)(H,49,58)(H,62,63)(H,64,65)(H2,47,50,51)(H2,59,60,61). The van der Waals surface area contributed by atoms with Crippen LogP contribution in [-0.4, -0.2) is 123 Å². The summed E-state index contributed by atoms with van der Waals surface area (Å²) >= 11 is 1.16. The van der Waals surface area contributed by atoms with Gasteiger partial charge in [0.1, 0.15) is 36.3 Å². The number of ether oxygens (including phenoxy) is 1. The van der Waals surface area contributed by atoms with Crippen molar-refractivity contribution in [2.45, 2.75) is 200 Å². The second kappa shape index (κ2) is 33.8. The van der Waals surface area contributed by atoms with Gasteiger partial charge in [0.2, 0.25) is 11.8 Å². The van der Waals surface area contributed by atoms with Gasteiger partial charge in [-0.05, 0) is 12.3 Å². The monoisotopic (exact) mass is 1130 g/mol.